The van der Waals surface area contributed by atoms with Crippen LogP contribution in [-0.2, 0) is 16.0 Å². The number of amides is 1. The summed E-state index contributed by atoms with van der Waals surface area (Å²) in [6.45, 7) is 0.112. The highest BCUT2D eigenvalue weighted by Crippen LogP contribution is 2.44. The van der Waals surface area contributed by atoms with Gasteiger partial charge in [-0.3, -0.25) is 0 Å². The van der Waals surface area contributed by atoms with Crippen molar-refractivity contribution in [3.05, 3.63) is 95.6 Å². The normalized spacial score (nSPS) is 14.2. The standard InChI is InChI=1S/C25H23NO5/c27-23(24(28)29)22(14-16-8-2-1-3-9-16)26-25(30)31-15-21-19-12-6-4-10-17(19)18-11-5-7-13-20(18)21/h1-13,21-23,27H,14-15H2,(H,26,30)(H,28,29)/t22-,23-/m0/s1. The SMILES string of the molecule is O=C(N[C@@H](Cc1ccccc1)[C@H](O)C(=O)O)OCC1c2ccccc2-c2ccccc21. The average molecular weight is 417 g/mol. The van der Waals surface area contributed by atoms with Crippen LogP contribution >= 0.6 is 0 Å². The Hall–Kier alpha value is -3.64. The van der Waals surface area contributed by atoms with Gasteiger partial charge in [-0.15, -0.1) is 0 Å². The van der Waals surface area contributed by atoms with E-state index in [0.717, 1.165) is 27.8 Å². The molecule has 1 aliphatic rings. The quantitative estimate of drug-likeness (QED) is 0.546. The van der Waals surface area contributed by atoms with Gasteiger partial charge in [0.05, 0.1) is 6.04 Å². The molecule has 3 N–H and O–H groups in total. The second-order valence-corrected chi connectivity index (χ2v) is 7.55. The van der Waals surface area contributed by atoms with Crippen LogP contribution in [0.15, 0.2) is 78.9 Å². The summed E-state index contributed by atoms with van der Waals surface area (Å²) in [5.74, 6) is -1.50. The Morgan fingerprint density at radius 1 is 0.871 bits per heavy atom. The molecular weight excluding hydrogens is 394 g/mol. The van der Waals surface area contributed by atoms with E-state index in [1.54, 1.807) is 12.1 Å². The van der Waals surface area contributed by atoms with Gasteiger partial charge in [-0.05, 0) is 34.2 Å². The molecule has 0 saturated carbocycles. The number of benzene rings is 3. The molecule has 0 bridgehead atoms. The van der Waals surface area contributed by atoms with E-state index in [9.17, 15) is 19.8 Å². The molecular formula is C25H23NO5. The summed E-state index contributed by atoms with van der Waals surface area (Å²) >= 11 is 0. The minimum Gasteiger partial charge on any atom is -0.479 e. The zero-order chi connectivity index (χ0) is 21.8. The van der Waals surface area contributed by atoms with Gasteiger partial charge in [-0.1, -0.05) is 78.9 Å². The predicted octanol–water partition coefficient (Wildman–Crippen LogP) is 3.58. The number of rotatable bonds is 7. The first-order valence-electron chi connectivity index (χ1n) is 10.1. The van der Waals surface area contributed by atoms with E-state index in [1.807, 2.05) is 66.7 Å². The van der Waals surface area contributed by atoms with Gasteiger partial charge in [-0.25, -0.2) is 9.59 Å². The van der Waals surface area contributed by atoms with Crippen LogP contribution in [0, 0.1) is 0 Å². The maximum Gasteiger partial charge on any atom is 0.407 e. The largest absolute Gasteiger partial charge is 0.479 e. The molecule has 0 aromatic heterocycles. The fraction of sp³-hybridized carbons (Fsp3) is 0.200. The molecule has 0 unspecified atom stereocenters. The third-order valence-corrected chi connectivity index (χ3v) is 5.58. The van der Waals surface area contributed by atoms with Gasteiger partial charge in [0.1, 0.15) is 6.61 Å². The van der Waals surface area contributed by atoms with E-state index >= 15 is 0 Å². The number of carbonyl (C=O) groups is 2. The van der Waals surface area contributed by atoms with Crippen LogP contribution in [0.5, 0.6) is 0 Å². The van der Waals surface area contributed by atoms with Crippen molar-refractivity contribution >= 4 is 12.1 Å². The number of carboxylic acid groups (broad SMARTS) is 1. The van der Waals surface area contributed by atoms with Gasteiger partial charge in [0.2, 0.25) is 0 Å². The third-order valence-electron chi connectivity index (χ3n) is 5.58. The van der Waals surface area contributed by atoms with Gasteiger partial charge in [0.15, 0.2) is 6.10 Å². The van der Waals surface area contributed by atoms with Crippen molar-refractivity contribution in [1.82, 2.24) is 5.32 Å². The number of alkyl carbamates (subject to hydrolysis) is 1. The highest BCUT2D eigenvalue weighted by Gasteiger charge is 2.31. The molecule has 31 heavy (non-hydrogen) atoms. The van der Waals surface area contributed by atoms with Crippen molar-refractivity contribution < 1.29 is 24.5 Å². The predicted molar refractivity (Wildman–Crippen MR) is 116 cm³/mol. The van der Waals surface area contributed by atoms with Crippen molar-refractivity contribution in [2.75, 3.05) is 6.61 Å². The number of ether oxygens (including phenoxy) is 1. The molecule has 0 spiro atoms. The lowest BCUT2D eigenvalue weighted by Crippen LogP contribution is -2.48. The lowest BCUT2D eigenvalue weighted by molar-refractivity contribution is -0.148. The van der Waals surface area contributed by atoms with Crippen molar-refractivity contribution in [2.45, 2.75) is 24.5 Å². The molecule has 0 saturated heterocycles. The molecule has 6 heteroatoms. The van der Waals surface area contributed by atoms with E-state index in [1.165, 1.54) is 0 Å². The topological polar surface area (TPSA) is 95.9 Å². The van der Waals surface area contributed by atoms with Gasteiger partial charge in [0, 0.05) is 5.92 Å². The number of fused-ring (bicyclic) bond motifs is 3. The fourth-order valence-corrected chi connectivity index (χ4v) is 4.07. The monoisotopic (exact) mass is 417 g/mol. The molecule has 1 amide bonds. The summed E-state index contributed by atoms with van der Waals surface area (Å²) in [4.78, 5) is 23.8. The smallest absolute Gasteiger partial charge is 0.407 e. The first kappa shape index (κ1) is 20.6. The first-order chi connectivity index (χ1) is 15.0. The number of aliphatic hydroxyl groups is 1. The van der Waals surface area contributed by atoms with Crippen molar-refractivity contribution in [3.8, 4) is 11.1 Å². The van der Waals surface area contributed by atoms with E-state index in [-0.39, 0.29) is 18.9 Å². The Morgan fingerprint density at radius 2 is 1.42 bits per heavy atom. The zero-order valence-electron chi connectivity index (χ0n) is 16.8. The number of hydrogen-bond acceptors (Lipinski definition) is 4. The van der Waals surface area contributed by atoms with Crippen LogP contribution in [-0.4, -0.2) is 41.0 Å². The maximum atomic E-state index is 12.5. The van der Waals surface area contributed by atoms with Crippen LogP contribution < -0.4 is 5.32 Å². The molecule has 0 fully saturated rings. The Kier molecular flexibility index (Phi) is 6.00. The Balaban J connectivity index is 1.46. The van der Waals surface area contributed by atoms with Crippen LogP contribution in [0.1, 0.15) is 22.6 Å². The molecule has 158 valence electrons. The molecule has 0 heterocycles. The van der Waals surface area contributed by atoms with Gasteiger partial charge < -0.3 is 20.3 Å². The molecule has 1 aliphatic carbocycles. The summed E-state index contributed by atoms with van der Waals surface area (Å²) in [5, 5.41) is 21.8. The fourth-order valence-electron chi connectivity index (χ4n) is 4.07. The number of aliphatic carboxylic acids is 1. The van der Waals surface area contributed by atoms with Crippen LogP contribution in [0.4, 0.5) is 4.79 Å². The highest BCUT2D eigenvalue weighted by molar-refractivity contribution is 5.79. The van der Waals surface area contributed by atoms with Gasteiger partial charge in [0.25, 0.3) is 0 Å². The Morgan fingerprint density at radius 3 is 2.00 bits per heavy atom. The highest BCUT2D eigenvalue weighted by atomic mass is 16.5. The second-order valence-electron chi connectivity index (χ2n) is 7.55. The van der Waals surface area contributed by atoms with Crippen molar-refractivity contribution in [2.24, 2.45) is 0 Å². The minimum atomic E-state index is -1.75. The summed E-state index contributed by atoms with van der Waals surface area (Å²) in [5.41, 5.74) is 5.21. The van der Waals surface area contributed by atoms with Gasteiger partial charge in [-0.2, -0.15) is 0 Å². The lowest BCUT2D eigenvalue weighted by Gasteiger charge is -2.22. The van der Waals surface area contributed by atoms with Crippen LogP contribution in [0.3, 0.4) is 0 Å². The van der Waals surface area contributed by atoms with Crippen molar-refractivity contribution in [1.29, 1.82) is 0 Å². The van der Waals surface area contributed by atoms with Crippen LogP contribution in [0.25, 0.3) is 11.1 Å². The molecule has 2 atom stereocenters. The number of carbonyl (C=O) groups excluding carboxylic acids is 1. The van der Waals surface area contributed by atoms with E-state index < -0.39 is 24.2 Å². The average Bonchev–Trinajstić information content (AvgIpc) is 3.11. The summed E-state index contributed by atoms with van der Waals surface area (Å²) in [6.07, 6.45) is -2.35. The van der Waals surface area contributed by atoms with E-state index in [0.29, 0.717) is 0 Å². The second kappa shape index (κ2) is 9.02. The first-order valence-corrected chi connectivity index (χ1v) is 10.1. The number of aliphatic hydroxyl groups excluding tert-OH is 1. The van der Waals surface area contributed by atoms with Crippen molar-refractivity contribution in [3.63, 3.8) is 0 Å². The van der Waals surface area contributed by atoms with Crippen LogP contribution in [0.2, 0.25) is 0 Å². The molecule has 3 aromatic carbocycles. The Labute approximate surface area is 180 Å². The zero-order valence-corrected chi connectivity index (χ0v) is 16.8. The molecule has 0 radical (unpaired) electrons. The summed E-state index contributed by atoms with van der Waals surface area (Å²) in [6, 6.07) is 24.1. The molecule has 0 aliphatic heterocycles. The number of carboxylic acids is 1. The molecule has 4 rings (SSSR count). The Bertz CT molecular complexity index is 1040. The molecule has 3 aromatic rings. The van der Waals surface area contributed by atoms with E-state index in [2.05, 4.69) is 5.32 Å². The number of hydrogen-bond donors (Lipinski definition) is 3. The third kappa shape index (κ3) is 4.44. The minimum absolute atomic E-state index is 0.102. The summed E-state index contributed by atoms with van der Waals surface area (Å²) in [7, 11) is 0. The maximum absolute atomic E-state index is 12.5. The molecule has 6 nitrogen and oxygen atoms in total. The van der Waals surface area contributed by atoms with Gasteiger partial charge >= 0.3 is 12.1 Å². The lowest BCUT2D eigenvalue weighted by atomic mass is 9.98. The summed E-state index contributed by atoms with van der Waals surface area (Å²) < 4.78 is 5.48. The number of nitrogens with one attached hydrogen (secondary N) is 1. The van der Waals surface area contributed by atoms with E-state index in [4.69, 9.17) is 4.74 Å².